The first-order chi connectivity index (χ1) is 38.6. The Morgan fingerprint density at radius 3 is 0.577 bits per heavy atom. The van der Waals surface area contributed by atoms with Crippen LogP contribution in [0.3, 0.4) is 0 Å². The average molecular weight is 1030 g/mol. The third kappa shape index (κ3) is 10.7. The molecule has 2 heterocycles. The zero-order valence-electron chi connectivity index (χ0n) is 45.6. The molecular weight excluding hydrogens is 949 g/mol. The standard InChI is InChI=1S/C72H76N6/c1-73-47-49-74(52-56-76(55-48-73)70(61-29-11-2-12-30-61,62-31-13-3-14-32-62)63-33-15-4-16-34-63)50-51-75-53-57-77(71(64-35-17-5-18-36-64,65-37-19-6-20-38-65)66-39-21-7-22-40-66)59-60-78(58-54-75)72(67-41-23-8-24-42-67,68-43-25-9-26-44-68)69-45-27-10-28-46-69/h2-46H,47-60H2,1H3. The van der Waals surface area contributed by atoms with Crippen LogP contribution in [0.1, 0.15) is 50.1 Å². The van der Waals surface area contributed by atoms with Crippen LogP contribution in [0, 0.1) is 0 Å². The summed E-state index contributed by atoms with van der Waals surface area (Å²) in [6.07, 6.45) is 0. The van der Waals surface area contributed by atoms with Crippen molar-refractivity contribution in [3.05, 3.63) is 323 Å². The Kier molecular flexibility index (Phi) is 16.9. The molecule has 0 saturated carbocycles. The maximum atomic E-state index is 2.84. The summed E-state index contributed by atoms with van der Waals surface area (Å²) in [7, 11) is 2.32. The molecule has 0 aromatic heterocycles. The van der Waals surface area contributed by atoms with Crippen molar-refractivity contribution in [1.29, 1.82) is 0 Å². The molecule has 0 spiro atoms. The normalized spacial score (nSPS) is 16.7. The molecule has 9 aromatic rings. The average Bonchev–Trinajstić information content (AvgIpc) is 3.86. The molecule has 2 fully saturated rings. The van der Waals surface area contributed by atoms with Gasteiger partial charge in [0.2, 0.25) is 0 Å². The number of likely N-dealkylation sites (N-methyl/N-ethyl adjacent to an activating group) is 1. The Bertz CT molecular complexity index is 2740. The molecule has 0 atom stereocenters. The molecular formula is C72H76N6. The van der Waals surface area contributed by atoms with Crippen molar-refractivity contribution in [1.82, 2.24) is 29.4 Å². The van der Waals surface area contributed by atoms with Crippen molar-refractivity contribution in [3.8, 4) is 0 Å². The number of hydrogen-bond acceptors (Lipinski definition) is 6. The highest BCUT2D eigenvalue weighted by molar-refractivity contribution is 5.53. The lowest BCUT2D eigenvalue weighted by molar-refractivity contribution is 0.107. The fourth-order valence-electron chi connectivity index (χ4n) is 13.3. The van der Waals surface area contributed by atoms with Crippen molar-refractivity contribution in [2.75, 3.05) is 98.7 Å². The zero-order chi connectivity index (χ0) is 52.9. The van der Waals surface area contributed by atoms with Gasteiger partial charge in [0.1, 0.15) is 0 Å². The maximum absolute atomic E-state index is 2.84. The smallest absolute Gasteiger partial charge is 0.0973 e. The van der Waals surface area contributed by atoms with E-state index in [1.165, 1.54) is 50.1 Å². The quantitative estimate of drug-likeness (QED) is 0.0947. The highest BCUT2D eigenvalue weighted by Crippen LogP contribution is 2.46. The molecule has 0 amide bonds. The summed E-state index contributed by atoms with van der Waals surface area (Å²) in [6, 6.07) is 102. The van der Waals surface area contributed by atoms with Gasteiger partial charge in [0, 0.05) is 91.6 Å². The molecule has 6 heteroatoms. The Morgan fingerprint density at radius 1 is 0.218 bits per heavy atom. The Labute approximate surface area is 465 Å². The first kappa shape index (κ1) is 52.8. The minimum absolute atomic E-state index is 0.472. The van der Waals surface area contributed by atoms with E-state index in [9.17, 15) is 0 Å². The topological polar surface area (TPSA) is 19.4 Å². The Hall–Kier alpha value is -7.26. The molecule has 6 nitrogen and oxygen atoms in total. The number of hydrogen-bond donors (Lipinski definition) is 0. The van der Waals surface area contributed by atoms with Crippen LogP contribution in [0.5, 0.6) is 0 Å². The van der Waals surface area contributed by atoms with E-state index >= 15 is 0 Å². The summed E-state index contributed by atoms with van der Waals surface area (Å²) in [5, 5.41) is 0. The molecule has 2 saturated heterocycles. The van der Waals surface area contributed by atoms with Gasteiger partial charge in [0.05, 0.1) is 16.6 Å². The second-order valence-electron chi connectivity index (χ2n) is 21.4. The van der Waals surface area contributed by atoms with Crippen LogP contribution < -0.4 is 0 Å². The predicted molar refractivity (Wildman–Crippen MR) is 323 cm³/mol. The third-order valence-electron chi connectivity index (χ3n) is 17.1. The highest BCUT2D eigenvalue weighted by atomic mass is 15.3. The van der Waals surface area contributed by atoms with Gasteiger partial charge in [-0.15, -0.1) is 0 Å². The number of benzene rings is 9. The van der Waals surface area contributed by atoms with Crippen LogP contribution in [-0.4, -0.2) is 128 Å². The lowest BCUT2D eigenvalue weighted by atomic mass is 9.74. The van der Waals surface area contributed by atoms with Gasteiger partial charge in [0.15, 0.2) is 0 Å². The Balaban J connectivity index is 0.995. The SMILES string of the molecule is CN1CCN(CCN2CCN(C(c3ccccc3)(c3ccccc3)c3ccccc3)CCN(C(c3ccccc3)(c3ccccc3)c3ccccc3)CC2)CCN(C(c2ccccc2)(c2ccccc2)c2ccccc2)CC1. The summed E-state index contributed by atoms with van der Waals surface area (Å²) >= 11 is 0. The van der Waals surface area contributed by atoms with E-state index < -0.39 is 16.6 Å². The molecule has 0 bridgehead atoms. The third-order valence-corrected chi connectivity index (χ3v) is 17.1. The number of nitrogens with zero attached hydrogens (tertiary/aromatic N) is 6. The largest absolute Gasteiger partial charge is 0.304 e. The molecule has 0 aliphatic carbocycles. The van der Waals surface area contributed by atoms with Gasteiger partial charge in [-0.05, 0) is 57.1 Å². The van der Waals surface area contributed by atoms with Crippen molar-refractivity contribution in [2.45, 2.75) is 16.6 Å². The van der Waals surface area contributed by atoms with Crippen LogP contribution in [0.2, 0.25) is 0 Å². The summed E-state index contributed by atoms with van der Waals surface area (Å²) < 4.78 is 0. The van der Waals surface area contributed by atoms with Crippen molar-refractivity contribution >= 4 is 0 Å². The van der Waals surface area contributed by atoms with E-state index in [0.717, 1.165) is 91.6 Å². The van der Waals surface area contributed by atoms with Gasteiger partial charge in [0.25, 0.3) is 0 Å². The van der Waals surface area contributed by atoms with Gasteiger partial charge >= 0.3 is 0 Å². The van der Waals surface area contributed by atoms with Gasteiger partial charge in [-0.2, -0.15) is 0 Å². The fourth-order valence-corrected chi connectivity index (χ4v) is 13.3. The van der Waals surface area contributed by atoms with Crippen molar-refractivity contribution in [3.63, 3.8) is 0 Å². The van der Waals surface area contributed by atoms with E-state index in [0.29, 0.717) is 0 Å². The second-order valence-corrected chi connectivity index (χ2v) is 21.4. The van der Waals surface area contributed by atoms with Crippen LogP contribution in [0.4, 0.5) is 0 Å². The van der Waals surface area contributed by atoms with E-state index in [1.807, 2.05) is 0 Å². The molecule has 11 rings (SSSR count). The second kappa shape index (κ2) is 25.0. The minimum Gasteiger partial charge on any atom is -0.304 e. The molecule has 2 aliphatic heterocycles. The molecule has 9 aromatic carbocycles. The summed E-state index contributed by atoms with van der Waals surface area (Å²) in [5.74, 6) is 0. The van der Waals surface area contributed by atoms with Crippen molar-refractivity contribution in [2.24, 2.45) is 0 Å². The molecule has 0 radical (unpaired) electrons. The van der Waals surface area contributed by atoms with Gasteiger partial charge < -0.3 is 4.90 Å². The lowest BCUT2D eigenvalue weighted by Crippen LogP contribution is -2.55. The molecule has 2 aliphatic rings. The molecule has 394 valence electrons. The lowest BCUT2D eigenvalue weighted by Gasteiger charge is -2.49. The molecule has 0 unspecified atom stereocenters. The van der Waals surface area contributed by atoms with E-state index in [2.05, 4.69) is 309 Å². The summed E-state index contributed by atoms with van der Waals surface area (Å²) in [6.45, 7) is 13.1. The summed E-state index contributed by atoms with van der Waals surface area (Å²) in [4.78, 5) is 16.6. The van der Waals surface area contributed by atoms with Crippen LogP contribution in [0.15, 0.2) is 273 Å². The van der Waals surface area contributed by atoms with Gasteiger partial charge in [-0.1, -0.05) is 273 Å². The van der Waals surface area contributed by atoms with E-state index in [1.54, 1.807) is 0 Å². The maximum Gasteiger partial charge on any atom is 0.0973 e. The molecule has 78 heavy (non-hydrogen) atoms. The van der Waals surface area contributed by atoms with Crippen LogP contribution in [0.25, 0.3) is 0 Å². The van der Waals surface area contributed by atoms with Crippen molar-refractivity contribution < 1.29 is 0 Å². The van der Waals surface area contributed by atoms with E-state index in [4.69, 9.17) is 0 Å². The van der Waals surface area contributed by atoms with Gasteiger partial charge in [-0.3, -0.25) is 24.5 Å². The first-order valence-corrected chi connectivity index (χ1v) is 28.5. The summed E-state index contributed by atoms with van der Waals surface area (Å²) in [5.41, 5.74) is 9.98. The highest BCUT2D eigenvalue weighted by Gasteiger charge is 2.47. The minimum atomic E-state index is -0.571. The monoisotopic (exact) mass is 1020 g/mol. The fraction of sp³-hybridized carbons (Fsp3) is 0.250. The first-order valence-electron chi connectivity index (χ1n) is 28.5. The van der Waals surface area contributed by atoms with Crippen LogP contribution >= 0.6 is 0 Å². The van der Waals surface area contributed by atoms with E-state index in [-0.39, 0.29) is 0 Å². The zero-order valence-corrected chi connectivity index (χ0v) is 45.6. The Morgan fingerprint density at radius 2 is 0.372 bits per heavy atom. The molecule has 0 N–H and O–H groups in total. The predicted octanol–water partition coefficient (Wildman–Crippen LogP) is 12.4. The van der Waals surface area contributed by atoms with Crippen LogP contribution in [-0.2, 0) is 16.6 Å². The van der Waals surface area contributed by atoms with Gasteiger partial charge in [-0.25, -0.2) is 0 Å². The number of rotatable bonds is 15.